The normalized spacial score (nSPS) is 23.1. The number of carbonyl (C=O) groups is 1. The van der Waals surface area contributed by atoms with E-state index in [1.54, 1.807) is 12.1 Å². The third-order valence-corrected chi connectivity index (χ3v) is 3.31. The molecule has 3 N–H and O–H groups in total. The number of hydrogen-bond acceptors (Lipinski definition) is 3. The summed E-state index contributed by atoms with van der Waals surface area (Å²) in [5.74, 6) is -0.604. The Kier molecular flexibility index (Phi) is 4.87. The van der Waals surface area contributed by atoms with Crippen LogP contribution in [0.1, 0.15) is 31.2 Å². The van der Waals surface area contributed by atoms with Gasteiger partial charge in [-0.15, -0.1) is 0 Å². The molecule has 1 aromatic rings. The molecule has 0 unspecified atom stereocenters. The van der Waals surface area contributed by atoms with E-state index >= 15 is 0 Å². The fourth-order valence-electron chi connectivity index (χ4n) is 2.22. The van der Waals surface area contributed by atoms with E-state index < -0.39 is 0 Å². The summed E-state index contributed by atoms with van der Waals surface area (Å²) in [6.45, 7) is 0. The maximum Gasteiger partial charge on any atom is 0.247 e. The quantitative estimate of drug-likeness (QED) is 0.815. The van der Waals surface area contributed by atoms with Crippen molar-refractivity contribution in [3.63, 3.8) is 0 Å². The average Bonchev–Trinajstić information content (AvgIpc) is 2.38. The SMILES string of the molecule is NC1CCC(ONC(=O)Cc2cccc(F)c2)CC1. The highest BCUT2D eigenvalue weighted by molar-refractivity contribution is 5.77. The predicted molar refractivity (Wildman–Crippen MR) is 69.6 cm³/mol. The fourth-order valence-corrected chi connectivity index (χ4v) is 2.22. The Bertz CT molecular complexity index is 431. The highest BCUT2D eigenvalue weighted by atomic mass is 19.1. The molecule has 19 heavy (non-hydrogen) atoms. The van der Waals surface area contributed by atoms with Gasteiger partial charge in [0, 0.05) is 6.04 Å². The first-order valence-electron chi connectivity index (χ1n) is 6.58. The van der Waals surface area contributed by atoms with Gasteiger partial charge in [0.05, 0.1) is 12.5 Å². The first-order valence-corrected chi connectivity index (χ1v) is 6.58. The summed E-state index contributed by atoms with van der Waals surface area (Å²) in [6, 6.07) is 6.24. The van der Waals surface area contributed by atoms with E-state index in [4.69, 9.17) is 10.6 Å². The number of halogens is 1. The molecule has 0 spiro atoms. The van der Waals surface area contributed by atoms with E-state index in [1.807, 2.05) is 0 Å². The minimum absolute atomic E-state index is 0.0382. The molecular weight excluding hydrogens is 247 g/mol. The third kappa shape index (κ3) is 4.61. The van der Waals surface area contributed by atoms with Gasteiger partial charge in [0.25, 0.3) is 0 Å². The lowest BCUT2D eigenvalue weighted by Crippen LogP contribution is -2.36. The number of nitrogens with two attached hydrogens (primary N) is 1. The van der Waals surface area contributed by atoms with E-state index in [0.717, 1.165) is 25.7 Å². The summed E-state index contributed by atoms with van der Waals surface area (Å²) < 4.78 is 13.0. The molecule has 104 valence electrons. The number of nitrogens with one attached hydrogen (secondary N) is 1. The molecule has 0 bridgehead atoms. The molecule has 0 saturated heterocycles. The highest BCUT2D eigenvalue weighted by Gasteiger charge is 2.20. The molecule has 1 saturated carbocycles. The Morgan fingerprint density at radius 2 is 2.11 bits per heavy atom. The van der Waals surface area contributed by atoms with Crippen molar-refractivity contribution in [2.45, 2.75) is 44.2 Å². The van der Waals surface area contributed by atoms with Gasteiger partial charge in [-0.25, -0.2) is 9.87 Å². The van der Waals surface area contributed by atoms with Crippen LogP contribution in [0.2, 0.25) is 0 Å². The number of hydrogen-bond donors (Lipinski definition) is 2. The van der Waals surface area contributed by atoms with E-state index in [-0.39, 0.29) is 30.3 Å². The molecule has 1 aliphatic carbocycles. The van der Waals surface area contributed by atoms with Crippen molar-refractivity contribution in [3.8, 4) is 0 Å². The number of carbonyl (C=O) groups excluding carboxylic acids is 1. The zero-order valence-electron chi connectivity index (χ0n) is 10.8. The van der Waals surface area contributed by atoms with E-state index in [1.165, 1.54) is 12.1 Å². The van der Waals surface area contributed by atoms with Crippen molar-refractivity contribution < 1.29 is 14.0 Å². The summed E-state index contributed by atoms with van der Waals surface area (Å²) >= 11 is 0. The topological polar surface area (TPSA) is 64.3 Å². The predicted octanol–water partition coefficient (Wildman–Crippen LogP) is 1.69. The van der Waals surface area contributed by atoms with Crippen LogP contribution in [-0.2, 0) is 16.1 Å². The molecule has 0 aliphatic heterocycles. The maximum atomic E-state index is 13.0. The van der Waals surface area contributed by atoms with E-state index in [9.17, 15) is 9.18 Å². The zero-order valence-corrected chi connectivity index (χ0v) is 10.8. The van der Waals surface area contributed by atoms with Gasteiger partial charge in [-0.2, -0.15) is 0 Å². The van der Waals surface area contributed by atoms with Gasteiger partial charge in [0.2, 0.25) is 5.91 Å². The first kappa shape index (κ1) is 14.0. The average molecular weight is 266 g/mol. The Morgan fingerprint density at radius 3 is 2.79 bits per heavy atom. The monoisotopic (exact) mass is 266 g/mol. The van der Waals surface area contributed by atoms with Crippen LogP contribution in [-0.4, -0.2) is 18.1 Å². The molecule has 1 aliphatic rings. The summed E-state index contributed by atoms with van der Waals surface area (Å²) in [5, 5.41) is 0. The summed E-state index contributed by atoms with van der Waals surface area (Å²) in [4.78, 5) is 17.0. The number of amides is 1. The summed E-state index contributed by atoms with van der Waals surface area (Å²) in [6.07, 6.45) is 3.72. The van der Waals surface area contributed by atoms with Crippen molar-refractivity contribution in [3.05, 3.63) is 35.6 Å². The summed E-state index contributed by atoms with van der Waals surface area (Å²) in [5.41, 5.74) is 8.86. The standard InChI is InChI=1S/C14H19FN2O2/c15-11-3-1-2-10(8-11)9-14(18)17-19-13-6-4-12(16)5-7-13/h1-3,8,12-13H,4-7,9,16H2,(H,17,18). The fraction of sp³-hybridized carbons (Fsp3) is 0.500. The molecule has 1 amide bonds. The largest absolute Gasteiger partial charge is 0.328 e. The van der Waals surface area contributed by atoms with Crippen LogP contribution < -0.4 is 11.2 Å². The van der Waals surface area contributed by atoms with Gasteiger partial charge < -0.3 is 5.73 Å². The number of benzene rings is 1. The van der Waals surface area contributed by atoms with Gasteiger partial charge >= 0.3 is 0 Å². The maximum absolute atomic E-state index is 13.0. The van der Waals surface area contributed by atoms with Crippen LogP contribution in [0.5, 0.6) is 0 Å². The van der Waals surface area contributed by atoms with Gasteiger partial charge in [-0.1, -0.05) is 12.1 Å². The van der Waals surface area contributed by atoms with Gasteiger partial charge in [0.1, 0.15) is 5.82 Å². The van der Waals surface area contributed by atoms with Crippen molar-refractivity contribution in [2.24, 2.45) is 5.73 Å². The molecule has 2 rings (SSSR count). The van der Waals surface area contributed by atoms with Crippen molar-refractivity contribution in [1.29, 1.82) is 0 Å². The lowest BCUT2D eigenvalue weighted by atomic mass is 9.94. The second-order valence-electron chi connectivity index (χ2n) is 4.99. The molecule has 0 radical (unpaired) electrons. The minimum Gasteiger partial charge on any atom is -0.328 e. The van der Waals surface area contributed by atoms with Crippen LogP contribution in [0.15, 0.2) is 24.3 Å². The third-order valence-electron chi connectivity index (χ3n) is 3.31. The lowest BCUT2D eigenvalue weighted by Gasteiger charge is -2.25. The van der Waals surface area contributed by atoms with Crippen molar-refractivity contribution in [2.75, 3.05) is 0 Å². The molecule has 1 fully saturated rings. The molecule has 0 heterocycles. The van der Waals surface area contributed by atoms with Crippen molar-refractivity contribution >= 4 is 5.91 Å². The minimum atomic E-state index is -0.340. The van der Waals surface area contributed by atoms with Crippen LogP contribution in [0.4, 0.5) is 4.39 Å². The number of rotatable bonds is 4. The van der Waals surface area contributed by atoms with Gasteiger partial charge in [-0.05, 0) is 43.4 Å². The molecule has 4 nitrogen and oxygen atoms in total. The zero-order chi connectivity index (χ0) is 13.7. The highest BCUT2D eigenvalue weighted by Crippen LogP contribution is 2.18. The van der Waals surface area contributed by atoms with Crippen molar-refractivity contribution in [1.82, 2.24) is 5.48 Å². The van der Waals surface area contributed by atoms with Crippen LogP contribution in [0.3, 0.4) is 0 Å². The Morgan fingerprint density at radius 1 is 1.37 bits per heavy atom. The van der Waals surface area contributed by atoms with Gasteiger partial charge in [0.15, 0.2) is 0 Å². The molecule has 1 aromatic carbocycles. The van der Waals surface area contributed by atoms with E-state index in [0.29, 0.717) is 5.56 Å². The van der Waals surface area contributed by atoms with Crippen LogP contribution >= 0.6 is 0 Å². The smallest absolute Gasteiger partial charge is 0.247 e. The summed E-state index contributed by atoms with van der Waals surface area (Å²) in [7, 11) is 0. The molecule has 0 aromatic heterocycles. The molecular formula is C14H19FN2O2. The molecule has 0 atom stereocenters. The van der Waals surface area contributed by atoms with Crippen LogP contribution in [0, 0.1) is 5.82 Å². The second-order valence-corrected chi connectivity index (χ2v) is 4.99. The Balaban J connectivity index is 1.73. The number of hydroxylamine groups is 1. The van der Waals surface area contributed by atoms with Crippen LogP contribution in [0.25, 0.3) is 0 Å². The van der Waals surface area contributed by atoms with E-state index in [2.05, 4.69) is 5.48 Å². The molecule has 5 heteroatoms. The second kappa shape index (κ2) is 6.63. The Labute approximate surface area is 112 Å². The van der Waals surface area contributed by atoms with Gasteiger partial charge in [-0.3, -0.25) is 9.63 Å². The lowest BCUT2D eigenvalue weighted by molar-refractivity contribution is -0.139. The first-order chi connectivity index (χ1) is 9.13. The Hall–Kier alpha value is -1.46.